The summed E-state index contributed by atoms with van der Waals surface area (Å²) in [7, 11) is 0. The molecule has 3 aromatic rings. The number of carbonyl (C=O) groups is 3. The predicted octanol–water partition coefficient (Wildman–Crippen LogP) is 4.09. The van der Waals surface area contributed by atoms with E-state index < -0.39 is 17.7 Å². The van der Waals surface area contributed by atoms with Gasteiger partial charge in [-0.3, -0.25) is 19.7 Å². The zero-order chi connectivity index (χ0) is 20.4. The number of benzene rings is 3. The van der Waals surface area contributed by atoms with Crippen molar-refractivity contribution >= 4 is 40.7 Å². The molecule has 144 valence electrons. The lowest BCUT2D eigenvalue weighted by Gasteiger charge is -2.11. The average Bonchev–Trinajstić information content (AvgIpc) is 3.01. The van der Waals surface area contributed by atoms with Crippen LogP contribution in [0.3, 0.4) is 0 Å². The largest absolute Gasteiger partial charge is 0.380 e. The van der Waals surface area contributed by atoms with Crippen LogP contribution in [0.2, 0.25) is 5.02 Å². The summed E-state index contributed by atoms with van der Waals surface area (Å²) in [5.41, 5.74) is 3.13. The first kappa shape index (κ1) is 18.7. The molecule has 0 saturated heterocycles. The Morgan fingerprint density at radius 2 is 1.66 bits per heavy atom. The quantitative estimate of drug-likeness (QED) is 0.558. The van der Waals surface area contributed by atoms with Crippen molar-refractivity contribution in [2.45, 2.75) is 6.54 Å². The maximum Gasteiger partial charge on any atom is 0.258 e. The summed E-state index contributed by atoms with van der Waals surface area (Å²) in [6.07, 6.45) is 0. The maximum absolute atomic E-state index is 12.5. The third kappa shape index (κ3) is 3.97. The summed E-state index contributed by atoms with van der Waals surface area (Å²) in [5, 5.41) is 8.68. The summed E-state index contributed by atoms with van der Waals surface area (Å²) in [4.78, 5) is 35.9. The van der Waals surface area contributed by atoms with Gasteiger partial charge in [0.05, 0.1) is 21.8 Å². The molecule has 7 heteroatoms. The smallest absolute Gasteiger partial charge is 0.258 e. The van der Waals surface area contributed by atoms with Gasteiger partial charge in [-0.05, 0) is 42.0 Å². The van der Waals surface area contributed by atoms with E-state index in [1.54, 1.807) is 18.2 Å². The van der Waals surface area contributed by atoms with E-state index in [2.05, 4.69) is 16.0 Å². The summed E-state index contributed by atoms with van der Waals surface area (Å²) in [6, 6.07) is 19.5. The minimum absolute atomic E-state index is 0.196. The van der Waals surface area contributed by atoms with Crippen LogP contribution in [-0.2, 0) is 6.54 Å². The molecule has 1 aliphatic heterocycles. The second-order valence-corrected chi connectivity index (χ2v) is 6.94. The highest BCUT2D eigenvalue weighted by Gasteiger charge is 2.27. The standard InChI is InChI=1S/C22H16ClN3O3/c23-18-11-15(7-9-19(18)24-12-13-4-2-1-3-5-13)25-20(27)14-6-8-16-17(10-14)22(29)26-21(16)28/h1-11,24H,12H2,(H,25,27)(H,26,28,29). The van der Waals surface area contributed by atoms with E-state index in [9.17, 15) is 14.4 Å². The SMILES string of the molecule is O=C(Nc1ccc(NCc2ccccc2)c(Cl)c1)c1ccc2c(c1)C(=O)NC2=O. The van der Waals surface area contributed by atoms with Crippen LogP contribution in [0.25, 0.3) is 0 Å². The monoisotopic (exact) mass is 405 g/mol. The number of fused-ring (bicyclic) bond motifs is 1. The van der Waals surface area contributed by atoms with Crippen molar-refractivity contribution in [3.8, 4) is 0 Å². The third-order valence-electron chi connectivity index (χ3n) is 4.55. The number of halogens is 1. The molecule has 0 fully saturated rings. The normalized spacial score (nSPS) is 12.3. The minimum Gasteiger partial charge on any atom is -0.380 e. The minimum atomic E-state index is -0.503. The number of anilines is 2. The first-order valence-corrected chi connectivity index (χ1v) is 9.27. The maximum atomic E-state index is 12.5. The summed E-state index contributed by atoms with van der Waals surface area (Å²) in [6.45, 7) is 0.627. The Morgan fingerprint density at radius 3 is 2.41 bits per heavy atom. The van der Waals surface area contributed by atoms with E-state index in [4.69, 9.17) is 11.6 Å². The number of imide groups is 1. The summed E-state index contributed by atoms with van der Waals surface area (Å²) in [5.74, 6) is -1.36. The molecule has 1 aliphatic rings. The van der Waals surface area contributed by atoms with Crippen molar-refractivity contribution in [3.63, 3.8) is 0 Å². The van der Waals surface area contributed by atoms with E-state index >= 15 is 0 Å². The molecule has 0 spiro atoms. The van der Waals surface area contributed by atoms with Crippen molar-refractivity contribution in [2.75, 3.05) is 10.6 Å². The van der Waals surface area contributed by atoms with Crippen LogP contribution in [0.1, 0.15) is 36.6 Å². The molecule has 0 saturated carbocycles. The Labute approximate surface area is 171 Å². The van der Waals surface area contributed by atoms with Crippen LogP contribution in [0, 0.1) is 0 Å². The van der Waals surface area contributed by atoms with E-state index in [1.807, 2.05) is 30.3 Å². The van der Waals surface area contributed by atoms with Gasteiger partial charge in [-0.15, -0.1) is 0 Å². The van der Waals surface area contributed by atoms with Crippen molar-refractivity contribution in [1.29, 1.82) is 0 Å². The number of carbonyl (C=O) groups excluding carboxylic acids is 3. The zero-order valence-corrected chi connectivity index (χ0v) is 15.9. The fourth-order valence-electron chi connectivity index (χ4n) is 3.04. The van der Waals surface area contributed by atoms with E-state index in [1.165, 1.54) is 18.2 Å². The van der Waals surface area contributed by atoms with Crippen LogP contribution in [0.15, 0.2) is 66.7 Å². The molecule has 0 atom stereocenters. The van der Waals surface area contributed by atoms with Crippen molar-refractivity contribution in [1.82, 2.24) is 5.32 Å². The highest BCUT2D eigenvalue weighted by Crippen LogP contribution is 2.26. The zero-order valence-electron chi connectivity index (χ0n) is 15.2. The first-order chi connectivity index (χ1) is 14.0. The number of nitrogens with one attached hydrogen (secondary N) is 3. The van der Waals surface area contributed by atoms with Gasteiger partial charge >= 0.3 is 0 Å². The van der Waals surface area contributed by atoms with E-state index in [0.29, 0.717) is 17.3 Å². The Kier molecular flexibility index (Phi) is 5.01. The molecular weight excluding hydrogens is 390 g/mol. The molecule has 4 rings (SSSR count). The lowest BCUT2D eigenvalue weighted by Crippen LogP contribution is -2.19. The molecular formula is C22H16ClN3O3. The van der Waals surface area contributed by atoms with Gasteiger partial charge in [-0.2, -0.15) is 0 Å². The highest BCUT2D eigenvalue weighted by molar-refractivity contribution is 6.33. The van der Waals surface area contributed by atoms with Crippen LogP contribution in [0.4, 0.5) is 11.4 Å². The molecule has 0 bridgehead atoms. The number of hydrogen-bond acceptors (Lipinski definition) is 4. The van der Waals surface area contributed by atoms with Crippen LogP contribution >= 0.6 is 11.6 Å². The van der Waals surface area contributed by atoms with Crippen molar-refractivity contribution in [3.05, 3.63) is 94.0 Å². The molecule has 3 N–H and O–H groups in total. The van der Waals surface area contributed by atoms with Gasteiger partial charge in [0.15, 0.2) is 0 Å². The predicted molar refractivity (Wildman–Crippen MR) is 111 cm³/mol. The van der Waals surface area contributed by atoms with E-state index in [0.717, 1.165) is 11.3 Å². The van der Waals surface area contributed by atoms with Crippen molar-refractivity contribution in [2.24, 2.45) is 0 Å². The van der Waals surface area contributed by atoms with Crippen LogP contribution in [0.5, 0.6) is 0 Å². The third-order valence-corrected chi connectivity index (χ3v) is 4.86. The fraction of sp³-hybridized carbons (Fsp3) is 0.0455. The molecule has 0 aromatic heterocycles. The Balaban J connectivity index is 1.45. The molecule has 3 amide bonds. The Morgan fingerprint density at radius 1 is 0.897 bits per heavy atom. The molecule has 6 nitrogen and oxygen atoms in total. The lowest BCUT2D eigenvalue weighted by atomic mass is 10.1. The molecule has 3 aromatic carbocycles. The molecule has 29 heavy (non-hydrogen) atoms. The summed E-state index contributed by atoms with van der Waals surface area (Å²) < 4.78 is 0. The molecule has 0 unspecified atom stereocenters. The second-order valence-electron chi connectivity index (χ2n) is 6.53. The Bertz CT molecular complexity index is 1130. The van der Waals surface area contributed by atoms with Gasteiger partial charge in [0.25, 0.3) is 17.7 Å². The van der Waals surface area contributed by atoms with Crippen molar-refractivity contribution < 1.29 is 14.4 Å². The summed E-state index contributed by atoms with van der Waals surface area (Å²) >= 11 is 6.33. The van der Waals surface area contributed by atoms with Crippen LogP contribution in [-0.4, -0.2) is 17.7 Å². The fourth-order valence-corrected chi connectivity index (χ4v) is 3.29. The van der Waals surface area contributed by atoms with Gasteiger partial charge in [-0.1, -0.05) is 41.9 Å². The number of amides is 3. The first-order valence-electron chi connectivity index (χ1n) is 8.90. The number of rotatable bonds is 5. The lowest BCUT2D eigenvalue weighted by molar-refractivity contribution is 0.0879. The number of hydrogen-bond donors (Lipinski definition) is 3. The van der Waals surface area contributed by atoms with Gasteiger partial charge in [0.1, 0.15) is 0 Å². The van der Waals surface area contributed by atoms with Gasteiger partial charge in [-0.25, -0.2) is 0 Å². The van der Waals surface area contributed by atoms with Gasteiger partial charge in [0, 0.05) is 17.8 Å². The van der Waals surface area contributed by atoms with Crippen LogP contribution < -0.4 is 16.0 Å². The molecule has 0 aliphatic carbocycles. The van der Waals surface area contributed by atoms with E-state index in [-0.39, 0.29) is 16.7 Å². The van der Waals surface area contributed by atoms with Gasteiger partial charge in [0.2, 0.25) is 0 Å². The van der Waals surface area contributed by atoms with Gasteiger partial charge < -0.3 is 10.6 Å². The second kappa shape index (κ2) is 7.77. The highest BCUT2D eigenvalue weighted by atomic mass is 35.5. The molecule has 1 heterocycles. The average molecular weight is 406 g/mol. The Hall–Kier alpha value is -3.64. The topological polar surface area (TPSA) is 87.3 Å². The molecule has 0 radical (unpaired) electrons.